The lowest BCUT2D eigenvalue weighted by molar-refractivity contribution is 0.624. The highest BCUT2D eigenvalue weighted by atomic mass is 19.1. The number of hydrogen-bond acceptors (Lipinski definition) is 3. The van der Waals surface area contributed by atoms with Crippen LogP contribution in [0, 0.1) is 17.1 Å². The zero-order chi connectivity index (χ0) is 14.7. The zero-order valence-electron chi connectivity index (χ0n) is 11.8. The van der Waals surface area contributed by atoms with Gasteiger partial charge in [-0.15, -0.1) is 0 Å². The second-order valence-corrected chi connectivity index (χ2v) is 5.00. The number of nitrogens with zero attached hydrogens (tertiary/aromatic N) is 3. The van der Waals surface area contributed by atoms with Crippen molar-refractivity contribution in [2.24, 2.45) is 7.05 Å². The second-order valence-electron chi connectivity index (χ2n) is 5.00. The minimum Gasteiger partial charge on any atom is -0.380 e. The van der Waals surface area contributed by atoms with Gasteiger partial charge in [-0.2, -0.15) is 10.4 Å². The van der Waals surface area contributed by atoms with E-state index in [0.717, 1.165) is 11.3 Å². The quantitative estimate of drug-likeness (QED) is 0.930. The lowest BCUT2D eigenvalue weighted by Gasteiger charge is -2.09. The third kappa shape index (κ3) is 2.80. The molecule has 4 nitrogen and oxygen atoms in total. The van der Waals surface area contributed by atoms with Gasteiger partial charge >= 0.3 is 0 Å². The van der Waals surface area contributed by atoms with Crippen molar-refractivity contribution in [3.05, 3.63) is 47.0 Å². The Morgan fingerprint density at radius 2 is 2.20 bits per heavy atom. The van der Waals surface area contributed by atoms with Gasteiger partial charge in [-0.05, 0) is 18.1 Å². The highest BCUT2D eigenvalue weighted by molar-refractivity contribution is 5.58. The van der Waals surface area contributed by atoms with E-state index in [1.165, 1.54) is 6.07 Å². The van der Waals surface area contributed by atoms with E-state index in [9.17, 15) is 4.39 Å². The molecule has 0 fully saturated rings. The number of nitrogens with one attached hydrogen (secondary N) is 1. The molecule has 1 heterocycles. The van der Waals surface area contributed by atoms with Crippen LogP contribution in [-0.2, 0) is 13.6 Å². The van der Waals surface area contributed by atoms with Crippen molar-refractivity contribution in [3.8, 4) is 6.07 Å². The lowest BCUT2D eigenvalue weighted by Crippen LogP contribution is -2.04. The first-order chi connectivity index (χ1) is 9.52. The summed E-state index contributed by atoms with van der Waals surface area (Å²) in [4.78, 5) is 0. The van der Waals surface area contributed by atoms with Crippen LogP contribution < -0.4 is 5.32 Å². The molecule has 0 aliphatic rings. The summed E-state index contributed by atoms with van der Waals surface area (Å²) in [6, 6.07) is 6.46. The number of aryl methyl sites for hydroxylation is 1. The number of rotatable bonds is 4. The molecule has 5 heteroatoms. The van der Waals surface area contributed by atoms with Crippen LogP contribution in [0.3, 0.4) is 0 Å². The van der Waals surface area contributed by atoms with Crippen molar-refractivity contribution in [2.45, 2.75) is 26.3 Å². The molecule has 20 heavy (non-hydrogen) atoms. The summed E-state index contributed by atoms with van der Waals surface area (Å²) < 4.78 is 15.3. The molecule has 0 bridgehead atoms. The molecule has 0 atom stereocenters. The first-order valence-corrected chi connectivity index (χ1v) is 6.47. The highest BCUT2D eigenvalue weighted by Gasteiger charge is 2.12. The molecular formula is C15H17FN4. The molecule has 0 radical (unpaired) electrons. The van der Waals surface area contributed by atoms with Crippen molar-refractivity contribution >= 4 is 5.69 Å². The summed E-state index contributed by atoms with van der Waals surface area (Å²) in [5.41, 5.74) is 2.61. The van der Waals surface area contributed by atoms with Gasteiger partial charge in [0.15, 0.2) is 0 Å². The van der Waals surface area contributed by atoms with Crippen LogP contribution in [-0.4, -0.2) is 9.78 Å². The van der Waals surface area contributed by atoms with E-state index in [0.29, 0.717) is 18.2 Å². The molecule has 0 aliphatic carbocycles. The van der Waals surface area contributed by atoms with Crippen LogP contribution in [0.1, 0.15) is 36.6 Å². The Balaban J connectivity index is 2.22. The van der Waals surface area contributed by atoms with Crippen LogP contribution in [0.2, 0.25) is 0 Å². The number of benzene rings is 1. The molecule has 0 aliphatic heterocycles. The summed E-state index contributed by atoms with van der Waals surface area (Å²) >= 11 is 0. The fraction of sp³-hybridized carbons (Fsp3) is 0.333. The highest BCUT2D eigenvalue weighted by Crippen LogP contribution is 2.21. The van der Waals surface area contributed by atoms with E-state index in [2.05, 4.69) is 24.3 Å². The number of nitriles is 1. The minimum atomic E-state index is -0.507. The van der Waals surface area contributed by atoms with Crippen LogP contribution in [0.5, 0.6) is 0 Å². The van der Waals surface area contributed by atoms with Gasteiger partial charge in [0, 0.05) is 25.4 Å². The van der Waals surface area contributed by atoms with Gasteiger partial charge in [0.2, 0.25) is 0 Å². The van der Waals surface area contributed by atoms with Gasteiger partial charge in [0.25, 0.3) is 0 Å². The van der Waals surface area contributed by atoms with E-state index >= 15 is 0 Å². The predicted octanol–water partition coefficient (Wildman–Crippen LogP) is 3.17. The van der Waals surface area contributed by atoms with Gasteiger partial charge in [0.05, 0.1) is 11.4 Å². The maximum Gasteiger partial charge on any atom is 0.143 e. The summed E-state index contributed by atoms with van der Waals surface area (Å²) in [6.45, 7) is 4.67. The average molecular weight is 272 g/mol. The Morgan fingerprint density at radius 1 is 1.45 bits per heavy atom. The van der Waals surface area contributed by atoms with Gasteiger partial charge < -0.3 is 5.32 Å². The molecule has 0 saturated carbocycles. The van der Waals surface area contributed by atoms with Crippen LogP contribution in [0.15, 0.2) is 24.4 Å². The Morgan fingerprint density at radius 3 is 2.85 bits per heavy atom. The fourth-order valence-corrected chi connectivity index (χ4v) is 2.15. The Hall–Kier alpha value is -2.35. The summed E-state index contributed by atoms with van der Waals surface area (Å²) in [6.07, 6.45) is 1.94. The van der Waals surface area contributed by atoms with Crippen LogP contribution in [0.25, 0.3) is 0 Å². The lowest BCUT2D eigenvalue weighted by atomic mass is 10.1. The first-order valence-electron chi connectivity index (χ1n) is 6.47. The monoisotopic (exact) mass is 272 g/mol. The van der Waals surface area contributed by atoms with Crippen molar-refractivity contribution in [1.82, 2.24) is 9.78 Å². The van der Waals surface area contributed by atoms with Gasteiger partial charge in [-0.25, -0.2) is 4.39 Å². The van der Waals surface area contributed by atoms with Crippen molar-refractivity contribution in [2.75, 3.05) is 5.32 Å². The zero-order valence-corrected chi connectivity index (χ0v) is 11.8. The van der Waals surface area contributed by atoms with Gasteiger partial charge in [-0.3, -0.25) is 4.68 Å². The van der Waals surface area contributed by atoms with E-state index in [1.54, 1.807) is 16.8 Å². The summed E-state index contributed by atoms with van der Waals surface area (Å²) in [7, 11) is 1.87. The third-order valence-corrected chi connectivity index (χ3v) is 3.08. The Labute approximate surface area is 117 Å². The van der Waals surface area contributed by atoms with Crippen LogP contribution >= 0.6 is 0 Å². The molecular weight excluding hydrogens is 255 g/mol. The molecule has 0 saturated heterocycles. The minimum absolute atomic E-state index is 0.0440. The number of hydrogen-bond donors (Lipinski definition) is 1. The van der Waals surface area contributed by atoms with E-state index < -0.39 is 5.82 Å². The van der Waals surface area contributed by atoms with E-state index in [-0.39, 0.29) is 5.56 Å². The topological polar surface area (TPSA) is 53.6 Å². The van der Waals surface area contributed by atoms with E-state index in [4.69, 9.17) is 5.26 Å². The van der Waals surface area contributed by atoms with E-state index in [1.807, 2.05) is 19.3 Å². The normalized spacial score (nSPS) is 10.6. The van der Waals surface area contributed by atoms with Crippen molar-refractivity contribution in [3.63, 3.8) is 0 Å². The summed E-state index contributed by atoms with van der Waals surface area (Å²) in [5, 5.41) is 16.5. The number of halogens is 1. The van der Waals surface area contributed by atoms with Crippen LogP contribution in [0.4, 0.5) is 10.1 Å². The smallest absolute Gasteiger partial charge is 0.143 e. The molecule has 1 aromatic heterocycles. The maximum atomic E-state index is 13.5. The molecule has 2 aromatic rings. The standard InChI is InChI=1S/C15H17FN4/c1-10(2)15-11(9-20(3)19-15)8-18-14-6-4-5-13(16)12(14)7-17/h4-6,9-10,18H,8H2,1-3H3. The molecule has 1 N–H and O–H groups in total. The van der Waals surface area contributed by atoms with Gasteiger partial charge in [-0.1, -0.05) is 19.9 Å². The molecule has 0 unspecified atom stereocenters. The van der Waals surface area contributed by atoms with Gasteiger partial charge in [0.1, 0.15) is 17.4 Å². The predicted molar refractivity (Wildman–Crippen MR) is 75.7 cm³/mol. The number of aromatic nitrogens is 2. The Kier molecular flexibility index (Phi) is 4.04. The second kappa shape index (κ2) is 5.74. The molecule has 0 spiro atoms. The molecule has 0 amide bonds. The Bertz CT molecular complexity index is 652. The molecule has 104 valence electrons. The third-order valence-electron chi connectivity index (χ3n) is 3.08. The first kappa shape index (κ1) is 14.1. The average Bonchev–Trinajstić information content (AvgIpc) is 2.78. The molecule has 1 aromatic carbocycles. The fourth-order valence-electron chi connectivity index (χ4n) is 2.15. The molecule has 2 rings (SSSR count). The van der Waals surface area contributed by atoms with Crippen molar-refractivity contribution in [1.29, 1.82) is 5.26 Å². The SMILES string of the molecule is CC(C)c1nn(C)cc1CNc1cccc(F)c1C#N. The summed E-state index contributed by atoms with van der Waals surface area (Å²) in [5.74, 6) is -0.191. The maximum absolute atomic E-state index is 13.5. The number of anilines is 1. The van der Waals surface area contributed by atoms with Crippen molar-refractivity contribution < 1.29 is 4.39 Å². The largest absolute Gasteiger partial charge is 0.380 e.